The summed E-state index contributed by atoms with van der Waals surface area (Å²) >= 11 is 0. The van der Waals surface area contributed by atoms with Crippen LogP contribution in [0.1, 0.15) is 72.1 Å². The third kappa shape index (κ3) is 1.85. The summed E-state index contributed by atoms with van der Waals surface area (Å²) in [5.41, 5.74) is 1.56. The number of rotatable bonds is 3. The highest BCUT2D eigenvalue weighted by Crippen LogP contribution is 2.82. The van der Waals surface area contributed by atoms with Gasteiger partial charge in [0, 0.05) is 19.1 Å². The average Bonchev–Trinajstić information content (AvgIpc) is 3.12. The minimum Gasteiger partial charge on any atom is -0.396 e. The van der Waals surface area contributed by atoms with Crippen LogP contribution in [0, 0.1) is 51.8 Å². The molecule has 0 amide bonds. The fraction of sp³-hybridized carbons (Fsp3) is 1.00. The van der Waals surface area contributed by atoms with Crippen LogP contribution in [0.15, 0.2) is 0 Å². The number of methoxy groups -OCH3 is 1. The van der Waals surface area contributed by atoms with Gasteiger partial charge in [0.2, 0.25) is 0 Å². The number of ether oxygens (including phenoxy) is 1. The second-order valence-electron chi connectivity index (χ2n) is 11.1. The quantitative estimate of drug-likeness (QED) is 0.787. The molecule has 0 aromatic heterocycles. The topological polar surface area (TPSA) is 29.5 Å². The summed E-state index contributed by atoms with van der Waals surface area (Å²) < 4.78 is 6.20. The molecule has 2 heteroatoms. The maximum absolute atomic E-state index is 9.80. The fourth-order valence-electron chi connectivity index (χ4n) is 9.68. The van der Waals surface area contributed by atoms with Crippen molar-refractivity contribution in [1.82, 2.24) is 0 Å². The molecule has 0 aromatic rings. The number of aliphatic hydroxyl groups is 1. The predicted octanol–water partition coefficient (Wildman–Crippen LogP) is 4.90. The molecule has 25 heavy (non-hydrogen) atoms. The summed E-state index contributed by atoms with van der Waals surface area (Å²) in [6.07, 6.45) is 11.8. The van der Waals surface area contributed by atoms with Crippen LogP contribution in [0.4, 0.5) is 0 Å². The highest BCUT2D eigenvalue weighted by molar-refractivity contribution is 5.26. The Bertz CT molecular complexity index is 560. The molecule has 0 unspecified atom stereocenters. The monoisotopic (exact) mass is 346 g/mol. The molecule has 142 valence electrons. The first-order valence-corrected chi connectivity index (χ1v) is 11.1. The lowest BCUT2D eigenvalue weighted by molar-refractivity contribution is -0.161. The molecule has 5 aliphatic carbocycles. The van der Waals surface area contributed by atoms with Crippen LogP contribution in [0.2, 0.25) is 0 Å². The molecule has 0 saturated heterocycles. The summed E-state index contributed by atoms with van der Waals surface area (Å²) in [5, 5.41) is 9.80. The largest absolute Gasteiger partial charge is 0.396 e. The van der Waals surface area contributed by atoms with Crippen LogP contribution in [-0.4, -0.2) is 24.9 Å². The standard InChI is InChI=1S/C23H38O2/c1-14(13-24)17-5-6-18-16-11-20(25-4)23-12-15(23)7-10-22(23,3)19(16)8-9-21(17,18)2/h14-20,24H,5-13H2,1-4H3/t14-,15-,16-,17+,18-,19-,20+,21+,22+,23-/m0/s1. The van der Waals surface area contributed by atoms with Crippen LogP contribution < -0.4 is 0 Å². The Balaban J connectivity index is 1.49. The van der Waals surface area contributed by atoms with Gasteiger partial charge in [0.05, 0.1) is 6.10 Å². The minimum absolute atomic E-state index is 0.365. The molecule has 0 heterocycles. The van der Waals surface area contributed by atoms with E-state index >= 15 is 0 Å². The Hall–Kier alpha value is -0.0800. The molecule has 0 aromatic carbocycles. The molecule has 10 atom stereocenters. The Morgan fingerprint density at radius 3 is 2.56 bits per heavy atom. The number of aliphatic hydroxyl groups excluding tert-OH is 1. The molecule has 5 rings (SSSR count). The first-order valence-electron chi connectivity index (χ1n) is 11.1. The van der Waals surface area contributed by atoms with E-state index in [0.717, 1.165) is 29.6 Å². The van der Waals surface area contributed by atoms with E-state index in [2.05, 4.69) is 20.8 Å². The van der Waals surface area contributed by atoms with Gasteiger partial charge in [-0.25, -0.2) is 0 Å². The molecule has 5 saturated carbocycles. The average molecular weight is 347 g/mol. The molecule has 1 spiro atoms. The number of hydrogen-bond acceptors (Lipinski definition) is 2. The van der Waals surface area contributed by atoms with Gasteiger partial charge in [-0.15, -0.1) is 0 Å². The SMILES string of the molecule is CO[C@@H]1C[C@H]2[C@@H]3CC[C@H]([C@@H](C)CO)[C@@]3(C)CC[C@@H]2[C@@]2(C)CC[C@H]3C[C@]312. The maximum atomic E-state index is 9.80. The minimum atomic E-state index is 0.365. The first-order chi connectivity index (χ1) is 11.9. The zero-order chi connectivity index (χ0) is 17.6. The Morgan fingerprint density at radius 2 is 1.88 bits per heavy atom. The van der Waals surface area contributed by atoms with Gasteiger partial charge in [0.25, 0.3) is 0 Å². The van der Waals surface area contributed by atoms with Crippen molar-refractivity contribution in [3.8, 4) is 0 Å². The van der Waals surface area contributed by atoms with E-state index in [9.17, 15) is 5.11 Å². The van der Waals surface area contributed by atoms with Gasteiger partial charge in [0.15, 0.2) is 0 Å². The van der Waals surface area contributed by atoms with Crippen molar-refractivity contribution in [3.63, 3.8) is 0 Å². The zero-order valence-corrected chi connectivity index (χ0v) is 16.8. The van der Waals surface area contributed by atoms with Gasteiger partial charge in [0.1, 0.15) is 0 Å². The van der Waals surface area contributed by atoms with E-state index in [-0.39, 0.29) is 0 Å². The summed E-state index contributed by atoms with van der Waals surface area (Å²) in [7, 11) is 1.99. The third-order valence-electron chi connectivity index (χ3n) is 10.9. The van der Waals surface area contributed by atoms with Crippen LogP contribution in [0.3, 0.4) is 0 Å². The first kappa shape index (κ1) is 17.0. The molecular formula is C23H38O2. The molecule has 1 N–H and O–H groups in total. The van der Waals surface area contributed by atoms with Crippen molar-refractivity contribution in [2.45, 2.75) is 78.2 Å². The molecule has 0 bridgehead atoms. The van der Waals surface area contributed by atoms with Crippen molar-refractivity contribution in [1.29, 1.82) is 0 Å². The van der Waals surface area contributed by atoms with E-state index in [1.165, 1.54) is 51.4 Å². The van der Waals surface area contributed by atoms with Gasteiger partial charge in [-0.1, -0.05) is 20.8 Å². The van der Waals surface area contributed by atoms with Crippen molar-refractivity contribution in [2.75, 3.05) is 13.7 Å². The molecule has 0 aliphatic heterocycles. The normalized spacial score (nSPS) is 60.4. The van der Waals surface area contributed by atoms with Gasteiger partial charge in [-0.2, -0.15) is 0 Å². The number of fused-ring (bicyclic) bond motifs is 4. The summed E-state index contributed by atoms with van der Waals surface area (Å²) in [6, 6.07) is 0. The fourth-order valence-corrected chi connectivity index (χ4v) is 9.68. The van der Waals surface area contributed by atoms with Crippen LogP contribution in [0.25, 0.3) is 0 Å². The van der Waals surface area contributed by atoms with Gasteiger partial charge in [-0.05, 0) is 97.7 Å². The van der Waals surface area contributed by atoms with E-state index in [1.807, 2.05) is 7.11 Å². The number of hydrogen-bond donors (Lipinski definition) is 1. The predicted molar refractivity (Wildman–Crippen MR) is 100 cm³/mol. The summed E-state index contributed by atoms with van der Waals surface area (Å²) in [4.78, 5) is 0. The lowest BCUT2D eigenvalue weighted by Gasteiger charge is -2.61. The highest BCUT2D eigenvalue weighted by Gasteiger charge is 2.77. The van der Waals surface area contributed by atoms with E-state index in [1.54, 1.807) is 0 Å². The Morgan fingerprint density at radius 1 is 1.08 bits per heavy atom. The van der Waals surface area contributed by atoms with Crippen LogP contribution >= 0.6 is 0 Å². The molecule has 0 radical (unpaired) electrons. The third-order valence-corrected chi connectivity index (χ3v) is 10.9. The van der Waals surface area contributed by atoms with E-state index < -0.39 is 0 Å². The van der Waals surface area contributed by atoms with Crippen molar-refractivity contribution in [2.24, 2.45) is 51.8 Å². The second kappa shape index (κ2) is 5.25. The summed E-state index contributed by atoms with van der Waals surface area (Å²) in [5.74, 6) is 4.85. The molecular weight excluding hydrogens is 308 g/mol. The van der Waals surface area contributed by atoms with Crippen molar-refractivity contribution in [3.05, 3.63) is 0 Å². The Kier molecular flexibility index (Phi) is 3.58. The van der Waals surface area contributed by atoms with Crippen LogP contribution in [-0.2, 0) is 4.74 Å². The second-order valence-corrected chi connectivity index (χ2v) is 11.1. The van der Waals surface area contributed by atoms with Gasteiger partial charge < -0.3 is 9.84 Å². The Labute approximate surface area is 154 Å². The molecule has 5 aliphatic rings. The van der Waals surface area contributed by atoms with Crippen molar-refractivity contribution < 1.29 is 9.84 Å². The van der Waals surface area contributed by atoms with Gasteiger partial charge in [-0.3, -0.25) is 0 Å². The van der Waals surface area contributed by atoms with Crippen LogP contribution in [0.5, 0.6) is 0 Å². The highest BCUT2D eigenvalue weighted by atomic mass is 16.5. The smallest absolute Gasteiger partial charge is 0.0638 e. The zero-order valence-electron chi connectivity index (χ0n) is 16.8. The van der Waals surface area contributed by atoms with E-state index in [0.29, 0.717) is 34.9 Å². The molecule has 5 fully saturated rings. The molecule has 2 nitrogen and oxygen atoms in total. The van der Waals surface area contributed by atoms with E-state index in [4.69, 9.17) is 4.74 Å². The lowest BCUT2D eigenvalue weighted by Crippen LogP contribution is -2.57. The maximum Gasteiger partial charge on any atom is 0.0638 e. The summed E-state index contributed by atoms with van der Waals surface area (Å²) in [6.45, 7) is 7.89. The van der Waals surface area contributed by atoms with Gasteiger partial charge >= 0.3 is 0 Å². The lowest BCUT2D eigenvalue weighted by atomic mass is 9.45. The van der Waals surface area contributed by atoms with Crippen molar-refractivity contribution >= 4 is 0 Å².